The van der Waals surface area contributed by atoms with Crippen molar-refractivity contribution in [3.8, 4) is 0 Å². The second kappa shape index (κ2) is 4.55. The topological polar surface area (TPSA) is 58.5 Å². The van der Waals surface area contributed by atoms with Crippen LogP contribution in [-0.2, 0) is 13.1 Å². The molecule has 0 atom stereocenters. The zero-order valence-corrected chi connectivity index (χ0v) is 11.0. The third-order valence-electron chi connectivity index (χ3n) is 3.52. The maximum atomic E-state index is 5.97. The summed E-state index contributed by atoms with van der Waals surface area (Å²) in [6.07, 6.45) is 0. The van der Waals surface area contributed by atoms with Gasteiger partial charge in [-0.3, -0.25) is 4.90 Å². The summed E-state index contributed by atoms with van der Waals surface area (Å²) in [7, 11) is 4.20. The molecule has 1 aliphatic heterocycles. The normalized spacial score (nSPS) is 15.5. The van der Waals surface area contributed by atoms with Crippen LogP contribution >= 0.6 is 0 Å². The summed E-state index contributed by atoms with van der Waals surface area (Å²) < 4.78 is 0. The second-order valence-electron chi connectivity index (χ2n) is 5.16. The summed E-state index contributed by atoms with van der Waals surface area (Å²) in [5.41, 5.74) is 17.2. The number of hydrogen-bond acceptors (Lipinski definition) is 4. The molecule has 0 unspecified atom stereocenters. The minimum Gasteiger partial charge on any atom is -0.397 e. The molecule has 17 heavy (non-hydrogen) atoms. The molecule has 4 nitrogen and oxygen atoms in total. The van der Waals surface area contributed by atoms with E-state index in [1.807, 2.05) is 6.07 Å². The van der Waals surface area contributed by atoms with E-state index in [-0.39, 0.29) is 0 Å². The van der Waals surface area contributed by atoms with Crippen LogP contribution in [0.3, 0.4) is 0 Å². The molecule has 0 aromatic heterocycles. The molecule has 1 heterocycles. The zero-order valence-electron chi connectivity index (χ0n) is 11.0. The van der Waals surface area contributed by atoms with Gasteiger partial charge >= 0.3 is 0 Å². The van der Waals surface area contributed by atoms with Crippen LogP contribution in [0.1, 0.15) is 16.7 Å². The molecule has 1 aromatic rings. The average molecular weight is 234 g/mol. The largest absolute Gasteiger partial charge is 0.397 e. The molecule has 0 spiro atoms. The predicted octanol–water partition coefficient (Wildman–Crippen LogP) is 1.04. The second-order valence-corrected chi connectivity index (χ2v) is 5.16. The molecule has 0 radical (unpaired) electrons. The molecule has 1 aliphatic rings. The van der Waals surface area contributed by atoms with Crippen LogP contribution in [0.4, 0.5) is 11.4 Å². The van der Waals surface area contributed by atoms with E-state index in [9.17, 15) is 0 Å². The van der Waals surface area contributed by atoms with Gasteiger partial charge in [0.1, 0.15) is 0 Å². The fourth-order valence-corrected chi connectivity index (χ4v) is 2.35. The number of anilines is 2. The minimum absolute atomic E-state index is 0.718. The van der Waals surface area contributed by atoms with E-state index >= 15 is 0 Å². The van der Waals surface area contributed by atoms with Gasteiger partial charge in [-0.2, -0.15) is 0 Å². The number of likely N-dealkylation sites (N-methyl/N-ethyl adjacent to an activating group) is 1. The van der Waals surface area contributed by atoms with E-state index in [2.05, 4.69) is 30.8 Å². The molecule has 0 amide bonds. The molecular formula is C13H22N4. The molecule has 1 aromatic carbocycles. The standard InChI is InChI=1S/C13H22N4/c1-9-11-8-17(5-4-16(2)3)7-10(11)6-12(14)13(9)15/h6H,4-5,7-8,14-15H2,1-3H3. The lowest BCUT2D eigenvalue weighted by molar-refractivity contribution is 0.246. The summed E-state index contributed by atoms with van der Waals surface area (Å²) in [6, 6.07) is 2.04. The van der Waals surface area contributed by atoms with Crippen LogP contribution in [0.2, 0.25) is 0 Å². The van der Waals surface area contributed by atoms with E-state index in [4.69, 9.17) is 11.5 Å². The van der Waals surface area contributed by atoms with Crippen LogP contribution < -0.4 is 11.5 Å². The number of nitrogens with zero attached hydrogens (tertiary/aromatic N) is 2. The fourth-order valence-electron chi connectivity index (χ4n) is 2.35. The van der Waals surface area contributed by atoms with E-state index in [0.29, 0.717) is 0 Å². The number of rotatable bonds is 3. The Morgan fingerprint density at radius 1 is 1.29 bits per heavy atom. The average Bonchev–Trinajstić information content (AvgIpc) is 2.66. The zero-order chi connectivity index (χ0) is 12.6. The Balaban J connectivity index is 2.14. The molecule has 0 aliphatic carbocycles. The van der Waals surface area contributed by atoms with Crippen molar-refractivity contribution >= 4 is 11.4 Å². The summed E-state index contributed by atoms with van der Waals surface area (Å²) in [4.78, 5) is 4.65. The molecule has 0 bridgehead atoms. The van der Waals surface area contributed by atoms with E-state index in [0.717, 1.165) is 43.1 Å². The van der Waals surface area contributed by atoms with Crippen molar-refractivity contribution in [1.29, 1.82) is 0 Å². The highest BCUT2D eigenvalue weighted by atomic mass is 15.2. The Bertz CT molecular complexity index is 426. The Morgan fingerprint density at radius 3 is 2.65 bits per heavy atom. The van der Waals surface area contributed by atoms with Crippen molar-refractivity contribution < 1.29 is 0 Å². The van der Waals surface area contributed by atoms with Crippen LogP contribution in [0.15, 0.2) is 6.07 Å². The number of nitrogens with two attached hydrogens (primary N) is 2. The van der Waals surface area contributed by atoms with Crippen LogP contribution in [-0.4, -0.2) is 37.0 Å². The van der Waals surface area contributed by atoms with Crippen molar-refractivity contribution in [2.24, 2.45) is 0 Å². The highest BCUT2D eigenvalue weighted by Gasteiger charge is 2.22. The molecule has 4 heteroatoms. The first-order chi connectivity index (χ1) is 7.99. The summed E-state index contributed by atoms with van der Waals surface area (Å²) in [5.74, 6) is 0. The first kappa shape index (κ1) is 12.2. The van der Waals surface area contributed by atoms with Gasteiger partial charge in [-0.15, -0.1) is 0 Å². The Kier molecular flexibility index (Phi) is 3.26. The Morgan fingerprint density at radius 2 is 2.00 bits per heavy atom. The van der Waals surface area contributed by atoms with Gasteiger partial charge in [-0.05, 0) is 43.8 Å². The van der Waals surface area contributed by atoms with E-state index in [1.54, 1.807) is 0 Å². The fraction of sp³-hybridized carbons (Fsp3) is 0.538. The van der Waals surface area contributed by atoms with Crippen molar-refractivity contribution in [1.82, 2.24) is 9.80 Å². The van der Waals surface area contributed by atoms with Gasteiger partial charge in [0.05, 0.1) is 11.4 Å². The molecule has 0 fully saturated rings. The van der Waals surface area contributed by atoms with Gasteiger partial charge in [0.25, 0.3) is 0 Å². The first-order valence-corrected chi connectivity index (χ1v) is 6.02. The molecule has 0 saturated heterocycles. The van der Waals surface area contributed by atoms with E-state index < -0.39 is 0 Å². The van der Waals surface area contributed by atoms with Crippen LogP contribution in [0.25, 0.3) is 0 Å². The van der Waals surface area contributed by atoms with Gasteiger partial charge in [-0.1, -0.05) is 0 Å². The third kappa shape index (κ3) is 2.37. The maximum Gasteiger partial charge on any atom is 0.0580 e. The number of nitrogen functional groups attached to an aromatic ring is 2. The summed E-state index contributed by atoms with van der Waals surface area (Å²) >= 11 is 0. The Labute approximate surface area is 103 Å². The molecule has 94 valence electrons. The van der Waals surface area contributed by atoms with Gasteiger partial charge in [0.2, 0.25) is 0 Å². The smallest absolute Gasteiger partial charge is 0.0580 e. The van der Waals surface area contributed by atoms with Gasteiger partial charge in [0, 0.05) is 26.2 Å². The monoisotopic (exact) mass is 234 g/mol. The lowest BCUT2D eigenvalue weighted by Crippen LogP contribution is -2.27. The van der Waals surface area contributed by atoms with Crippen molar-refractivity contribution in [3.63, 3.8) is 0 Å². The quantitative estimate of drug-likeness (QED) is 0.767. The number of benzene rings is 1. The summed E-state index contributed by atoms with van der Waals surface area (Å²) in [6.45, 7) is 6.23. The molecule has 4 N–H and O–H groups in total. The van der Waals surface area contributed by atoms with Gasteiger partial charge in [-0.25, -0.2) is 0 Å². The highest BCUT2D eigenvalue weighted by Crippen LogP contribution is 2.32. The minimum atomic E-state index is 0.718. The van der Waals surface area contributed by atoms with Gasteiger partial charge < -0.3 is 16.4 Å². The molecule has 0 saturated carbocycles. The van der Waals surface area contributed by atoms with Crippen molar-refractivity contribution in [2.75, 3.05) is 38.7 Å². The number of fused-ring (bicyclic) bond motifs is 1. The van der Waals surface area contributed by atoms with E-state index in [1.165, 1.54) is 11.1 Å². The summed E-state index contributed by atoms with van der Waals surface area (Å²) in [5, 5.41) is 0. The molecule has 2 rings (SSSR count). The molecular weight excluding hydrogens is 212 g/mol. The van der Waals surface area contributed by atoms with Crippen molar-refractivity contribution in [3.05, 3.63) is 22.8 Å². The first-order valence-electron chi connectivity index (χ1n) is 6.02. The van der Waals surface area contributed by atoms with Crippen LogP contribution in [0, 0.1) is 6.92 Å². The van der Waals surface area contributed by atoms with Gasteiger partial charge in [0.15, 0.2) is 0 Å². The lowest BCUT2D eigenvalue weighted by Gasteiger charge is -2.17. The Hall–Kier alpha value is -1.26. The maximum absolute atomic E-state index is 5.97. The van der Waals surface area contributed by atoms with Crippen LogP contribution in [0.5, 0.6) is 0 Å². The number of hydrogen-bond donors (Lipinski definition) is 2. The predicted molar refractivity (Wildman–Crippen MR) is 72.7 cm³/mol. The lowest BCUT2D eigenvalue weighted by atomic mass is 10.0. The third-order valence-corrected chi connectivity index (χ3v) is 3.52. The SMILES string of the molecule is Cc1c(N)c(N)cc2c1CN(CCN(C)C)C2. The van der Waals surface area contributed by atoms with Crippen molar-refractivity contribution in [2.45, 2.75) is 20.0 Å². The highest BCUT2D eigenvalue weighted by molar-refractivity contribution is 5.71.